The third-order valence-electron chi connectivity index (χ3n) is 4.40. The summed E-state index contributed by atoms with van der Waals surface area (Å²) in [6.45, 7) is -0.628. The summed E-state index contributed by atoms with van der Waals surface area (Å²) >= 11 is 0. The van der Waals surface area contributed by atoms with Crippen LogP contribution in [0.5, 0.6) is 5.75 Å². The molecule has 0 saturated carbocycles. The summed E-state index contributed by atoms with van der Waals surface area (Å²) < 4.78 is 71.3. The number of ether oxygens (including phenoxy) is 1. The second-order valence-corrected chi connectivity index (χ2v) is 7.96. The molecule has 150 valence electrons. The highest BCUT2D eigenvalue weighted by atomic mass is 32.2. The normalized spacial score (nSPS) is 18.3. The molecule has 28 heavy (non-hydrogen) atoms. The van der Waals surface area contributed by atoms with Crippen LogP contribution >= 0.6 is 0 Å². The molecule has 1 fully saturated rings. The number of amides is 1. The van der Waals surface area contributed by atoms with Gasteiger partial charge in [0.25, 0.3) is 0 Å². The number of rotatable bonds is 4. The highest BCUT2D eigenvalue weighted by Gasteiger charge is 2.51. The number of halogens is 3. The molecule has 2 aromatic carbocycles. The third-order valence-corrected chi connectivity index (χ3v) is 6.26. The summed E-state index contributed by atoms with van der Waals surface area (Å²) in [7, 11) is -2.70. The van der Waals surface area contributed by atoms with Gasteiger partial charge in [0, 0.05) is 13.1 Å². The quantitative estimate of drug-likeness (QED) is 0.772. The molecule has 3 rings (SSSR count). The van der Waals surface area contributed by atoms with Gasteiger partial charge in [-0.3, -0.25) is 4.79 Å². The van der Waals surface area contributed by atoms with Gasteiger partial charge in [0.05, 0.1) is 12.0 Å². The van der Waals surface area contributed by atoms with Gasteiger partial charge < -0.3 is 9.64 Å². The van der Waals surface area contributed by atoms with Crippen LogP contribution in [-0.2, 0) is 14.8 Å². The van der Waals surface area contributed by atoms with Gasteiger partial charge >= 0.3 is 12.1 Å². The Morgan fingerprint density at radius 3 is 2.18 bits per heavy atom. The van der Waals surface area contributed by atoms with Crippen LogP contribution in [-0.4, -0.2) is 49.9 Å². The standard InChI is InChI=1S/C18H17F3N2O4S/c1-27-14-9-7-13(8-10-14)16-22(17(24)18(19,20)21)11-12-23(16)28(25,26)15-5-3-2-4-6-15/h2-10,16H,11-12H2,1H3/t16-/m1/s1. The molecule has 0 radical (unpaired) electrons. The number of carbonyl (C=O) groups is 1. The van der Waals surface area contributed by atoms with Crippen molar-refractivity contribution >= 4 is 15.9 Å². The predicted molar refractivity (Wildman–Crippen MR) is 93.8 cm³/mol. The Morgan fingerprint density at radius 1 is 1.04 bits per heavy atom. The highest BCUT2D eigenvalue weighted by Crippen LogP contribution is 2.37. The zero-order valence-corrected chi connectivity index (χ0v) is 15.6. The van der Waals surface area contributed by atoms with Crippen molar-refractivity contribution in [1.29, 1.82) is 0 Å². The Balaban J connectivity index is 2.07. The molecular weight excluding hydrogens is 397 g/mol. The summed E-state index contributed by atoms with van der Waals surface area (Å²) in [6, 6.07) is 13.3. The predicted octanol–water partition coefficient (Wildman–Crippen LogP) is 2.79. The lowest BCUT2D eigenvalue weighted by Gasteiger charge is -2.30. The third kappa shape index (κ3) is 3.69. The first-order valence-electron chi connectivity index (χ1n) is 8.25. The van der Waals surface area contributed by atoms with E-state index in [-0.39, 0.29) is 23.5 Å². The Hall–Kier alpha value is -2.59. The van der Waals surface area contributed by atoms with Gasteiger partial charge in [0.2, 0.25) is 10.0 Å². The van der Waals surface area contributed by atoms with Crippen LogP contribution in [0.25, 0.3) is 0 Å². The van der Waals surface area contributed by atoms with E-state index in [1.165, 1.54) is 55.6 Å². The molecule has 0 aromatic heterocycles. The number of hydrogen-bond acceptors (Lipinski definition) is 4. The first kappa shape index (κ1) is 20.2. The monoisotopic (exact) mass is 414 g/mol. The number of carbonyl (C=O) groups excluding carboxylic acids is 1. The molecule has 10 heteroatoms. The van der Waals surface area contributed by atoms with Crippen molar-refractivity contribution in [2.75, 3.05) is 20.2 Å². The maximum absolute atomic E-state index is 13.1. The van der Waals surface area contributed by atoms with Crippen LogP contribution in [0, 0.1) is 0 Å². The second kappa shape index (κ2) is 7.44. The topological polar surface area (TPSA) is 66.9 Å². The fraction of sp³-hybridized carbons (Fsp3) is 0.278. The zero-order valence-electron chi connectivity index (χ0n) is 14.8. The minimum absolute atomic E-state index is 0.0604. The first-order chi connectivity index (χ1) is 13.2. The summed E-state index contributed by atoms with van der Waals surface area (Å²) in [5, 5.41) is 0. The Morgan fingerprint density at radius 2 is 1.64 bits per heavy atom. The van der Waals surface area contributed by atoms with Crippen molar-refractivity contribution in [2.45, 2.75) is 17.2 Å². The molecule has 2 aromatic rings. The van der Waals surface area contributed by atoms with Gasteiger partial charge in [-0.25, -0.2) is 8.42 Å². The van der Waals surface area contributed by atoms with E-state index in [9.17, 15) is 26.4 Å². The van der Waals surface area contributed by atoms with Crippen molar-refractivity contribution in [2.24, 2.45) is 0 Å². The molecule has 1 heterocycles. The van der Waals surface area contributed by atoms with Crippen LogP contribution in [0.1, 0.15) is 11.7 Å². The average molecular weight is 414 g/mol. The number of sulfonamides is 1. The SMILES string of the molecule is COc1ccc([C@@H]2N(C(=O)C(F)(F)F)CCN2S(=O)(=O)c2ccccc2)cc1. The summed E-state index contributed by atoms with van der Waals surface area (Å²) in [4.78, 5) is 12.4. The lowest BCUT2D eigenvalue weighted by Crippen LogP contribution is -2.43. The second-order valence-electron chi connectivity index (χ2n) is 6.07. The Kier molecular flexibility index (Phi) is 5.35. The van der Waals surface area contributed by atoms with Crippen LogP contribution in [0.15, 0.2) is 59.5 Å². The van der Waals surface area contributed by atoms with Gasteiger partial charge in [0.15, 0.2) is 0 Å². The minimum atomic E-state index is -5.11. The van der Waals surface area contributed by atoms with Crippen molar-refractivity contribution < 1.29 is 31.1 Å². The number of benzene rings is 2. The molecule has 1 atom stereocenters. The molecule has 1 saturated heterocycles. The summed E-state index contributed by atoms with van der Waals surface area (Å²) in [6.07, 6.45) is -6.53. The Labute approximate surface area is 160 Å². The molecule has 1 aliphatic heterocycles. The van der Waals surface area contributed by atoms with Gasteiger partial charge in [-0.2, -0.15) is 17.5 Å². The number of methoxy groups -OCH3 is 1. The summed E-state index contributed by atoms with van der Waals surface area (Å²) in [5.74, 6) is -1.63. The molecule has 0 spiro atoms. The number of nitrogens with zero attached hydrogens (tertiary/aromatic N) is 2. The fourth-order valence-electron chi connectivity index (χ4n) is 3.08. The zero-order chi connectivity index (χ0) is 20.5. The van der Waals surface area contributed by atoms with Gasteiger partial charge in [-0.1, -0.05) is 30.3 Å². The van der Waals surface area contributed by atoms with E-state index >= 15 is 0 Å². The van der Waals surface area contributed by atoms with Crippen molar-refractivity contribution in [3.63, 3.8) is 0 Å². The number of alkyl halides is 3. The van der Waals surface area contributed by atoms with Crippen LogP contribution < -0.4 is 4.74 Å². The van der Waals surface area contributed by atoms with Crippen LogP contribution in [0.2, 0.25) is 0 Å². The number of hydrogen-bond donors (Lipinski definition) is 0. The fourth-order valence-corrected chi connectivity index (χ4v) is 4.68. The molecular formula is C18H17F3N2O4S. The molecule has 0 unspecified atom stereocenters. The van der Waals surface area contributed by atoms with Crippen molar-refractivity contribution in [1.82, 2.24) is 9.21 Å². The lowest BCUT2D eigenvalue weighted by atomic mass is 10.1. The van der Waals surface area contributed by atoms with Gasteiger partial charge in [-0.05, 0) is 29.8 Å². The maximum Gasteiger partial charge on any atom is 0.471 e. The van der Waals surface area contributed by atoms with E-state index in [0.717, 1.165) is 4.31 Å². The highest BCUT2D eigenvalue weighted by molar-refractivity contribution is 7.89. The largest absolute Gasteiger partial charge is 0.497 e. The Bertz CT molecular complexity index is 947. The average Bonchev–Trinajstić information content (AvgIpc) is 3.13. The van der Waals surface area contributed by atoms with Crippen LogP contribution in [0.4, 0.5) is 13.2 Å². The van der Waals surface area contributed by atoms with E-state index in [4.69, 9.17) is 4.74 Å². The maximum atomic E-state index is 13.1. The molecule has 0 N–H and O–H groups in total. The molecule has 6 nitrogen and oxygen atoms in total. The van der Waals surface area contributed by atoms with Crippen molar-refractivity contribution in [3.8, 4) is 5.75 Å². The van der Waals surface area contributed by atoms with Gasteiger partial charge in [-0.15, -0.1) is 0 Å². The smallest absolute Gasteiger partial charge is 0.471 e. The molecule has 1 aliphatic rings. The van der Waals surface area contributed by atoms with Crippen molar-refractivity contribution in [3.05, 3.63) is 60.2 Å². The van der Waals surface area contributed by atoms with Crippen LogP contribution in [0.3, 0.4) is 0 Å². The van der Waals surface area contributed by atoms with E-state index in [1.54, 1.807) is 6.07 Å². The first-order valence-corrected chi connectivity index (χ1v) is 9.69. The van der Waals surface area contributed by atoms with E-state index < -0.39 is 28.3 Å². The van der Waals surface area contributed by atoms with Gasteiger partial charge in [0.1, 0.15) is 11.9 Å². The summed E-state index contributed by atoms with van der Waals surface area (Å²) in [5.41, 5.74) is 0.232. The molecule has 0 bridgehead atoms. The van der Waals surface area contributed by atoms with E-state index in [1.807, 2.05) is 0 Å². The lowest BCUT2D eigenvalue weighted by molar-refractivity contribution is -0.187. The van der Waals surface area contributed by atoms with E-state index in [2.05, 4.69) is 0 Å². The minimum Gasteiger partial charge on any atom is -0.497 e. The molecule has 0 aliphatic carbocycles. The molecule has 1 amide bonds. The van der Waals surface area contributed by atoms with E-state index in [0.29, 0.717) is 10.6 Å².